The van der Waals surface area contributed by atoms with E-state index in [0.29, 0.717) is 0 Å². The summed E-state index contributed by atoms with van der Waals surface area (Å²) in [5.41, 5.74) is 0. The molecule has 4 heteroatoms. The van der Waals surface area contributed by atoms with E-state index in [9.17, 15) is 0 Å². The van der Waals surface area contributed by atoms with E-state index in [-0.39, 0.29) is 0 Å². The summed E-state index contributed by atoms with van der Waals surface area (Å²) in [6, 6.07) is 0.724. The zero-order chi connectivity index (χ0) is 10.7. The Morgan fingerprint density at radius 2 is 2.47 bits per heavy atom. The molecule has 0 N–H and O–H groups in total. The first-order valence-corrected chi connectivity index (χ1v) is 7.03. The number of likely N-dealkylation sites (tertiary alicyclic amines) is 1. The molecule has 0 saturated carbocycles. The van der Waals surface area contributed by atoms with Crippen molar-refractivity contribution in [3.8, 4) is 0 Å². The van der Waals surface area contributed by atoms with Crippen LogP contribution in [0.15, 0.2) is 6.20 Å². The monoisotopic (exact) mass is 242 g/mol. The molecule has 0 bridgehead atoms. The third kappa shape index (κ3) is 2.95. The molecule has 1 unspecified atom stereocenters. The molecular weight excluding hydrogens is 224 g/mol. The molecule has 84 valence electrons. The summed E-state index contributed by atoms with van der Waals surface area (Å²) in [5, 5.41) is 1.24. The molecule has 15 heavy (non-hydrogen) atoms. The predicted molar refractivity (Wildman–Crippen MR) is 68.5 cm³/mol. The molecule has 1 saturated heterocycles. The predicted octanol–water partition coefficient (Wildman–Crippen LogP) is 2.95. The smallest absolute Gasteiger partial charge is 0.107 e. The van der Waals surface area contributed by atoms with Crippen LogP contribution in [0, 0.1) is 0 Å². The van der Waals surface area contributed by atoms with E-state index in [4.69, 9.17) is 0 Å². The first kappa shape index (κ1) is 11.4. The molecule has 0 amide bonds. The molecule has 1 fully saturated rings. The van der Waals surface area contributed by atoms with Crippen molar-refractivity contribution < 1.29 is 0 Å². The summed E-state index contributed by atoms with van der Waals surface area (Å²) in [6.07, 6.45) is 6.03. The minimum Gasteiger partial charge on any atom is -0.294 e. The number of rotatable bonds is 3. The lowest BCUT2D eigenvalue weighted by Crippen LogP contribution is -2.36. The van der Waals surface area contributed by atoms with Crippen molar-refractivity contribution in [2.24, 2.45) is 0 Å². The highest BCUT2D eigenvalue weighted by molar-refractivity contribution is 7.79. The Morgan fingerprint density at radius 3 is 3.13 bits per heavy atom. The number of piperidine rings is 1. The number of hydrogen-bond donors (Lipinski definition) is 1. The van der Waals surface area contributed by atoms with Gasteiger partial charge >= 0.3 is 0 Å². The van der Waals surface area contributed by atoms with E-state index in [0.717, 1.165) is 18.3 Å². The van der Waals surface area contributed by atoms with E-state index >= 15 is 0 Å². The summed E-state index contributed by atoms with van der Waals surface area (Å²) in [4.78, 5) is 8.27. The fraction of sp³-hybridized carbons (Fsp3) is 0.727. The van der Waals surface area contributed by atoms with Gasteiger partial charge in [-0.25, -0.2) is 4.98 Å². The molecular formula is C11H18N2S2. The third-order valence-corrected chi connectivity index (χ3v) is 4.57. The Labute approximate surface area is 101 Å². The van der Waals surface area contributed by atoms with E-state index in [1.54, 1.807) is 11.3 Å². The first-order chi connectivity index (χ1) is 7.29. The van der Waals surface area contributed by atoms with Gasteiger partial charge < -0.3 is 0 Å². The zero-order valence-corrected chi connectivity index (χ0v) is 10.9. The molecule has 2 heterocycles. The van der Waals surface area contributed by atoms with Crippen LogP contribution in [0.3, 0.4) is 0 Å². The maximum absolute atomic E-state index is 4.44. The Bertz CT molecular complexity index is 311. The lowest BCUT2D eigenvalue weighted by Gasteiger charge is -2.32. The van der Waals surface area contributed by atoms with Crippen molar-refractivity contribution in [2.75, 3.05) is 6.54 Å². The highest BCUT2D eigenvalue weighted by Gasteiger charge is 2.19. The minimum atomic E-state index is 0.724. The summed E-state index contributed by atoms with van der Waals surface area (Å²) < 4.78 is 0. The van der Waals surface area contributed by atoms with Gasteiger partial charge in [0.15, 0.2) is 0 Å². The van der Waals surface area contributed by atoms with Gasteiger partial charge in [0.1, 0.15) is 5.01 Å². The zero-order valence-electron chi connectivity index (χ0n) is 9.15. The third-order valence-electron chi connectivity index (χ3n) is 3.04. The summed E-state index contributed by atoms with van der Waals surface area (Å²) in [6.45, 7) is 4.59. The fourth-order valence-corrected chi connectivity index (χ4v) is 3.14. The Morgan fingerprint density at radius 1 is 1.60 bits per heavy atom. The van der Waals surface area contributed by atoms with Gasteiger partial charge in [0.05, 0.1) is 6.54 Å². The second kappa shape index (κ2) is 5.32. The van der Waals surface area contributed by atoms with Gasteiger partial charge in [-0.2, -0.15) is 12.6 Å². The van der Waals surface area contributed by atoms with Gasteiger partial charge in [-0.1, -0.05) is 6.42 Å². The topological polar surface area (TPSA) is 16.1 Å². The van der Waals surface area contributed by atoms with Gasteiger partial charge in [-0.15, -0.1) is 11.3 Å². The van der Waals surface area contributed by atoms with Gasteiger partial charge in [-0.05, 0) is 26.3 Å². The van der Waals surface area contributed by atoms with E-state index < -0.39 is 0 Å². The average molecular weight is 242 g/mol. The minimum absolute atomic E-state index is 0.724. The van der Waals surface area contributed by atoms with Crippen LogP contribution in [0.4, 0.5) is 0 Å². The van der Waals surface area contributed by atoms with Crippen LogP contribution < -0.4 is 0 Å². The Hall–Kier alpha value is -0.0600. The number of thiol groups is 1. The van der Waals surface area contributed by atoms with Crippen molar-refractivity contribution in [1.82, 2.24) is 9.88 Å². The van der Waals surface area contributed by atoms with Gasteiger partial charge in [0, 0.05) is 22.9 Å². The molecule has 1 aliphatic heterocycles. The lowest BCUT2D eigenvalue weighted by atomic mass is 10.0. The van der Waals surface area contributed by atoms with Crippen molar-refractivity contribution in [2.45, 2.75) is 44.5 Å². The van der Waals surface area contributed by atoms with Crippen LogP contribution in [0.1, 0.15) is 36.1 Å². The van der Waals surface area contributed by atoms with E-state index in [1.807, 2.05) is 6.20 Å². The van der Waals surface area contributed by atoms with Crippen LogP contribution in [-0.4, -0.2) is 22.5 Å². The van der Waals surface area contributed by atoms with Gasteiger partial charge in [0.25, 0.3) is 0 Å². The van der Waals surface area contributed by atoms with Crippen molar-refractivity contribution >= 4 is 24.0 Å². The van der Waals surface area contributed by atoms with Crippen LogP contribution in [-0.2, 0) is 12.3 Å². The SMILES string of the molecule is CC1CCCCN1Cc1ncc(CS)s1. The van der Waals surface area contributed by atoms with E-state index in [1.165, 1.54) is 35.7 Å². The lowest BCUT2D eigenvalue weighted by molar-refractivity contribution is 0.152. The molecule has 0 radical (unpaired) electrons. The van der Waals surface area contributed by atoms with Crippen LogP contribution in [0.2, 0.25) is 0 Å². The summed E-state index contributed by atoms with van der Waals surface area (Å²) >= 11 is 6.06. The largest absolute Gasteiger partial charge is 0.294 e. The summed E-state index contributed by atoms with van der Waals surface area (Å²) in [7, 11) is 0. The van der Waals surface area contributed by atoms with E-state index in [2.05, 4.69) is 29.4 Å². The average Bonchev–Trinajstić information content (AvgIpc) is 2.69. The Kier molecular flexibility index (Phi) is 4.05. The van der Waals surface area contributed by atoms with Crippen LogP contribution in [0.5, 0.6) is 0 Å². The molecule has 1 atom stereocenters. The number of thiazole rings is 1. The summed E-state index contributed by atoms with van der Waals surface area (Å²) in [5.74, 6) is 0.813. The maximum Gasteiger partial charge on any atom is 0.107 e. The quantitative estimate of drug-likeness (QED) is 0.820. The van der Waals surface area contributed by atoms with Crippen molar-refractivity contribution in [1.29, 1.82) is 0 Å². The highest BCUT2D eigenvalue weighted by Crippen LogP contribution is 2.22. The van der Waals surface area contributed by atoms with Crippen LogP contribution >= 0.6 is 24.0 Å². The standard InChI is InChI=1S/C11H18N2S2/c1-9-4-2-3-5-13(9)7-11-12-6-10(8-14)15-11/h6,9,14H,2-5,7-8H2,1H3. The second-order valence-electron chi connectivity index (χ2n) is 4.19. The molecule has 1 aliphatic rings. The number of aromatic nitrogens is 1. The van der Waals surface area contributed by atoms with Gasteiger partial charge in [-0.3, -0.25) is 4.90 Å². The molecule has 1 aromatic heterocycles. The first-order valence-electron chi connectivity index (χ1n) is 5.58. The molecule has 2 nitrogen and oxygen atoms in total. The molecule has 2 rings (SSSR count). The molecule has 1 aromatic rings. The Balaban J connectivity index is 1.95. The second-order valence-corrected chi connectivity index (χ2v) is 5.71. The fourth-order valence-electron chi connectivity index (χ4n) is 2.06. The van der Waals surface area contributed by atoms with Crippen LogP contribution in [0.25, 0.3) is 0 Å². The molecule has 0 spiro atoms. The van der Waals surface area contributed by atoms with Crippen molar-refractivity contribution in [3.63, 3.8) is 0 Å². The van der Waals surface area contributed by atoms with Gasteiger partial charge in [0.2, 0.25) is 0 Å². The highest BCUT2D eigenvalue weighted by atomic mass is 32.1. The molecule has 0 aliphatic carbocycles. The maximum atomic E-state index is 4.44. The van der Waals surface area contributed by atoms with Crippen molar-refractivity contribution in [3.05, 3.63) is 16.1 Å². The number of hydrogen-bond acceptors (Lipinski definition) is 4. The molecule has 0 aromatic carbocycles. The normalized spacial score (nSPS) is 23.2. The number of nitrogens with zero attached hydrogens (tertiary/aromatic N) is 2.